The van der Waals surface area contributed by atoms with Crippen LogP contribution in [-0.4, -0.2) is 18.3 Å². The van der Waals surface area contributed by atoms with Gasteiger partial charge in [-0.25, -0.2) is 0 Å². The maximum atomic E-state index is 12.1. The molecule has 0 radical (unpaired) electrons. The highest BCUT2D eigenvalue weighted by molar-refractivity contribution is 7.98. The third-order valence-corrected chi connectivity index (χ3v) is 3.80. The number of benzene rings is 2. The zero-order valence-corrected chi connectivity index (χ0v) is 13.2. The van der Waals surface area contributed by atoms with Gasteiger partial charge in [0, 0.05) is 10.6 Å². The highest BCUT2D eigenvalue weighted by Crippen LogP contribution is 2.20. The molecule has 21 heavy (non-hydrogen) atoms. The zero-order valence-electron chi connectivity index (χ0n) is 12.4. The maximum Gasteiger partial charge on any atom is 0.265 e. The predicted molar refractivity (Wildman–Crippen MR) is 88.1 cm³/mol. The van der Waals surface area contributed by atoms with Crippen LogP contribution >= 0.6 is 11.8 Å². The Labute approximate surface area is 129 Å². The molecule has 2 aromatic carbocycles. The van der Waals surface area contributed by atoms with Gasteiger partial charge in [-0.1, -0.05) is 17.7 Å². The normalized spacial score (nSPS) is 11.8. The summed E-state index contributed by atoms with van der Waals surface area (Å²) in [7, 11) is 0. The Kier molecular flexibility index (Phi) is 5.28. The highest BCUT2D eigenvalue weighted by Gasteiger charge is 2.14. The molecule has 0 unspecified atom stereocenters. The van der Waals surface area contributed by atoms with E-state index in [4.69, 9.17) is 4.74 Å². The summed E-state index contributed by atoms with van der Waals surface area (Å²) in [5.41, 5.74) is 1.94. The molecule has 1 N–H and O–H groups in total. The Balaban J connectivity index is 1.93. The number of rotatable bonds is 5. The molecule has 1 amide bonds. The van der Waals surface area contributed by atoms with Gasteiger partial charge < -0.3 is 10.1 Å². The van der Waals surface area contributed by atoms with Gasteiger partial charge in [0.15, 0.2) is 6.10 Å². The molecule has 0 aliphatic carbocycles. The van der Waals surface area contributed by atoms with Crippen LogP contribution in [0.2, 0.25) is 0 Å². The van der Waals surface area contributed by atoms with Crippen molar-refractivity contribution in [2.24, 2.45) is 0 Å². The fraction of sp³-hybridized carbons (Fsp3) is 0.235. The van der Waals surface area contributed by atoms with Gasteiger partial charge in [-0.05, 0) is 56.5 Å². The third-order valence-electron chi connectivity index (χ3n) is 3.06. The number of thioether (sulfide) groups is 1. The van der Waals surface area contributed by atoms with Crippen molar-refractivity contribution >= 4 is 23.4 Å². The summed E-state index contributed by atoms with van der Waals surface area (Å²) in [6.45, 7) is 3.75. The first-order valence-corrected chi connectivity index (χ1v) is 7.99. The second-order valence-corrected chi connectivity index (χ2v) is 5.67. The van der Waals surface area contributed by atoms with Crippen LogP contribution in [0.4, 0.5) is 5.69 Å². The van der Waals surface area contributed by atoms with E-state index in [2.05, 4.69) is 5.32 Å². The smallest absolute Gasteiger partial charge is 0.265 e. The number of carbonyl (C=O) groups is 1. The molecule has 110 valence electrons. The molecular weight excluding hydrogens is 282 g/mol. The lowest BCUT2D eigenvalue weighted by Gasteiger charge is -2.15. The molecule has 0 spiro atoms. The van der Waals surface area contributed by atoms with E-state index in [1.807, 2.05) is 61.7 Å². The second kappa shape index (κ2) is 7.18. The standard InChI is InChI=1S/C17H19NO2S/c1-12-4-6-14(7-5-12)18-17(19)13(2)20-15-8-10-16(21-3)11-9-15/h4-11,13H,1-3H3,(H,18,19)/t13-/m1/s1. The van der Waals surface area contributed by atoms with Crippen LogP contribution in [0, 0.1) is 6.92 Å². The van der Waals surface area contributed by atoms with Crippen molar-refractivity contribution < 1.29 is 9.53 Å². The molecule has 2 rings (SSSR count). The van der Waals surface area contributed by atoms with Gasteiger partial charge in [0.1, 0.15) is 5.75 Å². The molecule has 3 nitrogen and oxygen atoms in total. The van der Waals surface area contributed by atoms with Gasteiger partial charge in [0.05, 0.1) is 0 Å². The Hall–Kier alpha value is -1.94. The number of anilines is 1. The molecule has 1 atom stereocenters. The Bertz CT molecular complexity index is 593. The van der Waals surface area contributed by atoms with E-state index in [1.165, 1.54) is 4.90 Å². The molecule has 0 saturated carbocycles. The van der Waals surface area contributed by atoms with Crippen molar-refractivity contribution in [2.45, 2.75) is 24.8 Å². The Morgan fingerprint density at radius 3 is 2.29 bits per heavy atom. The van der Waals surface area contributed by atoms with Gasteiger partial charge in [-0.2, -0.15) is 0 Å². The molecule has 0 heterocycles. The average molecular weight is 301 g/mol. The number of carbonyl (C=O) groups excluding carboxylic acids is 1. The van der Waals surface area contributed by atoms with Crippen molar-refractivity contribution in [3.05, 3.63) is 54.1 Å². The van der Waals surface area contributed by atoms with Crippen molar-refractivity contribution in [3.8, 4) is 5.75 Å². The summed E-state index contributed by atoms with van der Waals surface area (Å²) in [6, 6.07) is 15.4. The quantitative estimate of drug-likeness (QED) is 0.844. The van der Waals surface area contributed by atoms with Crippen LogP contribution in [-0.2, 0) is 4.79 Å². The van der Waals surface area contributed by atoms with Crippen molar-refractivity contribution in [3.63, 3.8) is 0 Å². The van der Waals surface area contributed by atoms with Gasteiger partial charge >= 0.3 is 0 Å². The second-order valence-electron chi connectivity index (χ2n) is 4.79. The lowest BCUT2D eigenvalue weighted by molar-refractivity contribution is -0.122. The first-order valence-electron chi connectivity index (χ1n) is 6.77. The van der Waals surface area contributed by atoms with Crippen molar-refractivity contribution in [1.29, 1.82) is 0 Å². The number of aryl methyl sites for hydroxylation is 1. The van der Waals surface area contributed by atoms with E-state index >= 15 is 0 Å². The molecule has 0 fully saturated rings. The molecule has 0 saturated heterocycles. The largest absolute Gasteiger partial charge is 0.481 e. The molecular formula is C17H19NO2S. The number of nitrogens with one attached hydrogen (secondary N) is 1. The molecule has 0 bridgehead atoms. The molecule has 0 aliphatic rings. The lowest BCUT2D eigenvalue weighted by Crippen LogP contribution is -2.30. The van der Waals surface area contributed by atoms with Crippen LogP contribution < -0.4 is 10.1 Å². The minimum Gasteiger partial charge on any atom is -0.481 e. The fourth-order valence-electron chi connectivity index (χ4n) is 1.79. The summed E-state index contributed by atoms with van der Waals surface area (Å²) in [5, 5.41) is 2.84. The van der Waals surface area contributed by atoms with Gasteiger partial charge in [0.25, 0.3) is 5.91 Å². The predicted octanol–water partition coefficient (Wildman–Crippen LogP) is 4.12. The number of amides is 1. The summed E-state index contributed by atoms with van der Waals surface area (Å²) in [4.78, 5) is 13.3. The number of hydrogen-bond donors (Lipinski definition) is 1. The monoisotopic (exact) mass is 301 g/mol. The minimum absolute atomic E-state index is 0.159. The van der Waals surface area contributed by atoms with Crippen molar-refractivity contribution in [1.82, 2.24) is 0 Å². The Morgan fingerprint density at radius 1 is 1.10 bits per heavy atom. The topological polar surface area (TPSA) is 38.3 Å². The van der Waals surface area contributed by atoms with Crippen LogP contribution in [0.5, 0.6) is 5.75 Å². The van der Waals surface area contributed by atoms with E-state index < -0.39 is 6.10 Å². The van der Waals surface area contributed by atoms with Crippen LogP contribution in [0.25, 0.3) is 0 Å². The van der Waals surface area contributed by atoms with E-state index in [1.54, 1.807) is 18.7 Å². The minimum atomic E-state index is -0.550. The molecule has 0 aliphatic heterocycles. The first kappa shape index (κ1) is 15.4. The third kappa shape index (κ3) is 4.53. The van der Waals surface area contributed by atoms with Gasteiger partial charge in [-0.15, -0.1) is 11.8 Å². The average Bonchev–Trinajstić information content (AvgIpc) is 2.50. The van der Waals surface area contributed by atoms with E-state index in [0.29, 0.717) is 5.75 Å². The number of ether oxygens (including phenoxy) is 1. The van der Waals surface area contributed by atoms with E-state index in [-0.39, 0.29) is 5.91 Å². The van der Waals surface area contributed by atoms with Crippen LogP contribution in [0.1, 0.15) is 12.5 Å². The first-order chi connectivity index (χ1) is 10.1. The van der Waals surface area contributed by atoms with Crippen LogP contribution in [0.3, 0.4) is 0 Å². The molecule has 0 aromatic heterocycles. The summed E-state index contributed by atoms with van der Waals surface area (Å²) in [5.74, 6) is 0.534. The van der Waals surface area contributed by atoms with Crippen LogP contribution in [0.15, 0.2) is 53.4 Å². The van der Waals surface area contributed by atoms with Crippen molar-refractivity contribution in [2.75, 3.05) is 11.6 Å². The van der Waals surface area contributed by atoms with E-state index in [0.717, 1.165) is 11.3 Å². The number of hydrogen-bond acceptors (Lipinski definition) is 3. The van der Waals surface area contributed by atoms with Gasteiger partial charge in [-0.3, -0.25) is 4.79 Å². The van der Waals surface area contributed by atoms with E-state index in [9.17, 15) is 4.79 Å². The highest BCUT2D eigenvalue weighted by atomic mass is 32.2. The lowest BCUT2D eigenvalue weighted by atomic mass is 10.2. The summed E-state index contributed by atoms with van der Waals surface area (Å²) >= 11 is 1.67. The Morgan fingerprint density at radius 2 is 1.71 bits per heavy atom. The van der Waals surface area contributed by atoms with Gasteiger partial charge in [0.2, 0.25) is 0 Å². The summed E-state index contributed by atoms with van der Waals surface area (Å²) in [6.07, 6.45) is 1.47. The molecule has 4 heteroatoms. The maximum absolute atomic E-state index is 12.1. The summed E-state index contributed by atoms with van der Waals surface area (Å²) < 4.78 is 5.65. The SMILES string of the molecule is CSc1ccc(O[C@H](C)C(=O)Nc2ccc(C)cc2)cc1. The molecule has 2 aromatic rings. The fourth-order valence-corrected chi connectivity index (χ4v) is 2.20. The zero-order chi connectivity index (χ0) is 15.2.